The van der Waals surface area contributed by atoms with Crippen molar-refractivity contribution in [2.24, 2.45) is 0 Å². The molecule has 35 heavy (non-hydrogen) atoms. The van der Waals surface area contributed by atoms with Crippen LogP contribution in [-0.2, 0) is 16.8 Å². The SMILES string of the molecule is O=[N+]([O-])[O-].O=[N+]([O-])[O-].[Co+2].c1ccc(Nc2ccccn2)nc1.c1ccc(Nc2ccccn2)nc1. The van der Waals surface area contributed by atoms with E-state index in [0.29, 0.717) is 0 Å². The Balaban J connectivity index is 0.000000499. The molecule has 15 heteroatoms. The predicted octanol–water partition coefficient (Wildman–Crippen LogP) is 3.96. The second-order valence-corrected chi connectivity index (χ2v) is 5.56. The minimum absolute atomic E-state index is 0. The summed E-state index contributed by atoms with van der Waals surface area (Å²) in [5, 5.41) is 35.7. The van der Waals surface area contributed by atoms with Gasteiger partial charge in [-0.1, -0.05) is 24.3 Å². The average molecular weight is 525 g/mol. The van der Waals surface area contributed by atoms with Crippen molar-refractivity contribution in [1.82, 2.24) is 19.9 Å². The zero-order chi connectivity index (χ0) is 25.0. The Morgan fingerprint density at radius 2 is 0.686 bits per heavy atom. The number of anilines is 4. The van der Waals surface area contributed by atoms with Gasteiger partial charge in [-0.25, -0.2) is 19.9 Å². The van der Waals surface area contributed by atoms with E-state index < -0.39 is 10.2 Å². The summed E-state index contributed by atoms with van der Waals surface area (Å²) in [6.45, 7) is 0. The van der Waals surface area contributed by atoms with Crippen LogP contribution in [0.1, 0.15) is 0 Å². The van der Waals surface area contributed by atoms with E-state index in [2.05, 4.69) is 30.6 Å². The van der Waals surface area contributed by atoms with E-state index in [1.165, 1.54) is 0 Å². The zero-order valence-corrected chi connectivity index (χ0v) is 18.7. The summed E-state index contributed by atoms with van der Waals surface area (Å²) in [6.07, 6.45) is 6.97. The first-order valence-corrected chi connectivity index (χ1v) is 9.18. The molecule has 0 aromatic carbocycles. The van der Waals surface area contributed by atoms with Crippen molar-refractivity contribution in [3.05, 3.63) is 128 Å². The van der Waals surface area contributed by atoms with Crippen LogP contribution in [0, 0.1) is 30.6 Å². The Labute approximate surface area is 209 Å². The topological polar surface area (TPSA) is 208 Å². The molecule has 14 nitrogen and oxygen atoms in total. The van der Waals surface area contributed by atoms with Gasteiger partial charge in [0.25, 0.3) is 0 Å². The fourth-order valence-corrected chi connectivity index (χ4v) is 2.01. The molecule has 0 unspecified atom stereocenters. The van der Waals surface area contributed by atoms with Gasteiger partial charge in [0.05, 0.1) is 10.2 Å². The molecule has 0 aliphatic carbocycles. The van der Waals surface area contributed by atoms with Gasteiger partial charge in [0, 0.05) is 24.8 Å². The van der Waals surface area contributed by atoms with E-state index in [1.54, 1.807) is 24.8 Å². The fourth-order valence-electron chi connectivity index (χ4n) is 2.01. The molecule has 0 spiro atoms. The Bertz CT molecular complexity index is 912. The smallest absolute Gasteiger partial charge is 0.356 e. The Kier molecular flexibility index (Phi) is 16.0. The van der Waals surface area contributed by atoms with E-state index in [1.807, 2.05) is 72.8 Å². The first-order chi connectivity index (χ1) is 16.4. The van der Waals surface area contributed by atoms with E-state index in [0.717, 1.165) is 23.3 Å². The molecular weight excluding hydrogens is 507 g/mol. The van der Waals surface area contributed by atoms with Crippen LogP contribution in [0.15, 0.2) is 97.6 Å². The molecule has 0 atom stereocenters. The van der Waals surface area contributed by atoms with Gasteiger partial charge in [0.2, 0.25) is 0 Å². The van der Waals surface area contributed by atoms with Gasteiger partial charge in [-0.3, -0.25) is 0 Å². The van der Waals surface area contributed by atoms with Crippen LogP contribution in [0.2, 0.25) is 0 Å². The molecule has 4 heterocycles. The van der Waals surface area contributed by atoms with Crippen molar-refractivity contribution in [1.29, 1.82) is 0 Å². The number of rotatable bonds is 4. The van der Waals surface area contributed by atoms with E-state index in [4.69, 9.17) is 30.6 Å². The molecule has 0 aliphatic heterocycles. The molecule has 0 saturated heterocycles. The molecule has 4 aromatic heterocycles. The summed E-state index contributed by atoms with van der Waals surface area (Å²) in [7, 11) is 0. The number of hydrogen-bond acceptors (Lipinski definition) is 12. The van der Waals surface area contributed by atoms with Gasteiger partial charge in [0.15, 0.2) is 0 Å². The van der Waals surface area contributed by atoms with Crippen LogP contribution < -0.4 is 10.6 Å². The standard InChI is InChI=1S/2C10H9N3.Co.2NO3/c2*1-3-7-11-9(5-1)13-10-6-2-4-8-12-10;;2*2-1(3)4/h2*1-8H,(H,11,12,13);;;/q;;+2;2*-1. The number of nitrogens with zero attached hydrogens (tertiary/aromatic N) is 6. The van der Waals surface area contributed by atoms with E-state index in [9.17, 15) is 0 Å². The average Bonchev–Trinajstić information content (AvgIpc) is 2.82. The Hall–Kier alpha value is -4.89. The van der Waals surface area contributed by atoms with Crippen molar-refractivity contribution >= 4 is 23.3 Å². The third-order valence-electron chi connectivity index (χ3n) is 3.17. The molecule has 183 valence electrons. The van der Waals surface area contributed by atoms with Crippen molar-refractivity contribution < 1.29 is 27.0 Å². The molecule has 0 saturated carbocycles. The van der Waals surface area contributed by atoms with Crippen LogP contribution >= 0.6 is 0 Å². The van der Waals surface area contributed by atoms with Crippen molar-refractivity contribution in [2.45, 2.75) is 0 Å². The first kappa shape index (κ1) is 30.1. The maximum atomic E-state index is 8.25. The van der Waals surface area contributed by atoms with Gasteiger partial charge >= 0.3 is 16.8 Å². The van der Waals surface area contributed by atoms with Gasteiger partial charge in [0.1, 0.15) is 23.3 Å². The summed E-state index contributed by atoms with van der Waals surface area (Å²) >= 11 is 0. The molecule has 4 aromatic rings. The third kappa shape index (κ3) is 17.4. The van der Waals surface area contributed by atoms with Crippen molar-refractivity contribution in [3.8, 4) is 0 Å². The maximum Gasteiger partial charge on any atom is 2.00 e. The number of hydrogen-bond donors (Lipinski definition) is 2. The molecule has 2 N–H and O–H groups in total. The van der Waals surface area contributed by atoms with Gasteiger partial charge < -0.3 is 41.3 Å². The van der Waals surface area contributed by atoms with Crippen LogP contribution in [0.25, 0.3) is 0 Å². The van der Waals surface area contributed by atoms with Crippen LogP contribution in [0.3, 0.4) is 0 Å². The van der Waals surface area contributed by atoms with Crippen LogP contribution in [0.4, 0.5) is 23.3 Å². The summed E-state index contributed by atoms with van der Waals surface area (Å²) in [5.74, 6) is 3.23. The van der Waals surface area contributed by atoms with Crippen LogP contribution in [-0.4, -0.2) is 30.1 Å². The second-order valence-electron chi connectivity index (χ2n) is 5.56. The molecule has 0 fully saturated rings. The zero-order valence-electron chi connectivity index (χ0n) is 17.7. The summed E-state index contributed by atoms with van der Waals surface area (Å²) < 4.78 is 0. The summed E-state index contributed by atoms with van der Waals surface area (Å²) in [4.78, 5) is 33.0. The van der Waals surface area contributed by atoms with Gasteiger partial charge in [-0.2, -0.15) is 0 Å². The summed E-state index contributed by atoms with van der Waals surface area (Å²) in [5.41, 5.74) is 0. The summed E-state index contributed by atoms with van der Waals surface area (Å²) in [6, 6.07) is 22.8. The Morgan fingerprint density at radius 1 is 0.486 bits per heavy atom. The fraction of sp³-hybridized carbons (Fsp3) is 0. The molecule has 0 aliphatic rings. The minimum Gasteiger partial charge on any atom is -0.356 e. The van der Waals surface area contributed by atoms with Crippen molar-refractivity contribution in [3.63, 3.8) is 0 Å². The molecule has 0 amide bonds. The number of aromatic nitrogens is 4. The molecule has 1 radical (unpaired) electrons. The minimum atomic E-state index is -1.75. The second kappa shape index (κ2) is 18.7. The molecule has 0 bridgehead atoms. The van der Waals surface area contributed by atoms with Crippen molar-refractivity contribution in [2.75, 3.05) is 10.6 Å². The largest absolute Gasteiger partial charge is 2.00 e. The third-order valence-corrected chi connectivity index (χ3v) is 3.17. The first-order valence-electron chi connectivity index (χ1n) is 9.18. The van der Waals surface area contributed by atoms with E-state index in [-0.39, 0.29) is 16.8 Å². The predicted molar refractivity (Wildman–Crippen MR) is 124 cm³/mol. The normalized spacial score (nSPS) is 8.46. The quantitative estimate of drug-likeness (QED) is 0.287. The van der Waals surface area contributed by atoms with Gasteiger partial charge in [-0.15, -0.1) is 0 Å². The number of nitrogens with one attached hydrogen (secondary N) is 2. The van der Waals surface area contributed by atoms with E-state index >= 15 is 0 Å². The maximum absolute atomic E-state index is 8.25. The number of pyridine rings is 4. The van der Waals surface area contributed by atoms with Crippen LogP contribution in [0.5, 0.6) is 0 Å². The molecule has 4 rings (SSSR count). The Morgan fingerprint density at radius 3 is 0.829 bits per heavy atom. The molecular formula is C20H18CoN8O6. The monoisotopic (exact) mass is 525 g/mol. The van der Waals surface area contributed by atoms with Gasteiger partial charge in [-0.05, 0) is 48.5 Å².